The standard InChI is InChI=1S/C30H46O3/c1-18(2)19(3)8-9-20(4)24-10-11-25-28-26(13-15-30(24,25)7)29(6)14-12-23(33-21(5)31)16-22(29)17-27(28)32/h8-9,18-20,22-25H,10-17H2,1-7H3/b9-8+/t19-,20+,22+,23+,24+,25-,29-,30+/m0/s1. The maximum atomic E-state index is 13.6. The lowest BCUT2D eigenvalue weighted by Crippen LogP contribution is -2.48. The molecule has 0 heterocycles. The van der Waals surface area contributed by atoms with Crippen LogP contribution in [0.1, 0.15) is 99.8 Å². The Kier molecular flexibility index (Phi) is 6.75. The Labute approximate surface area is 201 Å². The quantitative estimate of drug-likeness (QED) is 0.323. The summed E-state index contributed by atoms with van der Waals surface area (Å²) in [6, 6.07) is 0. The molecule has 3 heteroatoms. The van der Waals surface area contributed by atoms with E-state index in [1.165, 1.54) is 37.3 Å². The molecule has 8 atom stereocenters. The van der Waals surface area contributed by atoms with Crippen LogP contribution in [0.15, 0.2) is 23.3 Å². The molecule has 0 aromatic carbocycles. The van der Waals surface area contributed by atoms with Crippen molar-refractivity contribution in [3.8, 4) is 0 Å². The molecular weight excluding hydrogens is 408 g/mol. The normalized spacial score (nSPS) is 40.4. The van der Waals surface area contributed by atoms with Crippen LogP contribution < -0.4 is 0 Å². The summed E-state index contributed by atoms with van der Waals surface area (Å²) < 4.78 is 5.56. The molecule has 0 bridgehead atoms. The van der Waals surface area contributed by atoms with E-state index in [-0.39, 0.29) is 22.9 Å². The van der Waals surface area contributed by atoms with Gasteiger partial charge >= 0.3 is 5.97 Å². The van der Waals surface area contributed by atoms with E-state index < -0.39 is 0 Å². The summed E-state index contributed by atoms with van der Waals surface area (Å²) in [4.78, 5) is 25.1. The van der Waals surface area contributed by atoms with Crippen molar-refractivity contribution in [1.82, 2.24) is 0 Å². The average Bonchev–Trinajstić information content (AvgIpc) is 3.09. The van der Waals surface area contributed by atoms with Gasteiger partial charge in [0.2, 0.25) is 0 Å². The minimum atomic E-state index is -0.193. The summed E-state index contributed by atoms with van der Waals surface area (Å²) in [7, 11) is 0. The van der Waals surface area contributed by atoms with Crippen molar-refractivity contribution in [1.29, 1.82) is 0 Å². The summed E-state index contributed by atoms with van der Waals surface area (Å²) in [6.07, 6.45) is 13.0. The van der Waals surface area contributed by atoms with E-state index in [1.807, 2.05) is 0 Å². The first-order valence-corrected chi connectivity index (χ1v) is 13.6. The van der Waals surface area contributed by atoms with E-state index in [0.717, 1.165) is 25.7 Å². The third-order valence-electron chi connectivity index (χ3n) is 10.6. The van der Waals surface area contributed by atoms with E-state index in [0.29, 0.717) is 47.7 Å². The molecule has 0 aromatic heterocycles. The lowest BCUT2D eigenvalue weighted by Gasteiger charge is -2.54. The second-order valence-electron chi connectivity index (χ2n) is 12.7. The molecule has 2 saturated carbocycles. The van der Waals surface area contributed by atoms with Gasteiger partial charge in [0.25, 0.3) is 0 Å². The first kappa shape index (κ1) is 24.7. The van der Waals surface area contributed by atoms with Gasteiger partial charge in [0.05, 0.1) is 0 Å². The summed E-state index contributed by atoms with van der Waals surface area (Å²) in [6.45, 7) is 15.7. The SMILES string of the molecule is CC(=O)O[C@@H]1CC[C@]2(C)C3=C(C(=O)C[C@H]2C1)[C@@H]1CC[C@H]([C@H](C)/C=C/[C@H](C)C(C)C)[C@@]1(C)CC3. The molecule has 0 amide bonds. The molecule has 0 N–H and O–H groups in total. The van der Waals surface area contributed by atoms with Gasteiger partial charge < -0.3 is 4.74 Å². The highest BCUT2D eigenvalue weighted by Crippen LogP contribution is 2.65. The fourth-order valence-corrected chi connectivity index (χ4v) is 8.10. The minimum absolute atomic E-state index is 0.0129. The predicted octanol–water partition coefficient (Wildman–Crippen LogP) is 7.30. The van der Waals surface area contributed by atoms with Crippen molar-refractivity contribution in [2.75, 3.05) is 0 Å². The number of ether oxygens (including phenoxy) is 1. The van der Waals surface area contributed by atoms with Gasteiger partial charge in [-0.25, -0.2) is 0 Å². The minimum Gasteiger partial charge on any atom is -0.463 e. The number of rotatable bonds is 5. The molecule has 2 fully saturated rings. The van der Waals surface area contributed by atoms with Gasteiger partial charge in [0.15, 0.2) is 5.78 Å². The van der Waals surface area contributed by atoms with Gasteiger partial charge in [-0.3, -0.25) is 9.59 Å². The van der Waals surface area contributed by atoms with Gasteiger partial charge in [0.1, 0.15) is 6.10 Å². The summed E-state index contributed by atoms with van der Waals surface area (Å²) in [5.41, 5.74) is 3.07. The molecule has 3 nitrogen and oxygen atoms in total. The molecule has 184 valence electrons. The molecular formula is C30H46O3. The molecule has 0 saturated heterocycles. The molecule has 4 rings (SSSR count). The highest BCUT2D eigenvalue weighted by atomic mass is 16.5. The molecule has 4 aliphatic rings. The zero-order valence-corrected chi connectivity index (χ0v) is 22.1. The van der Waals surface area contributed by atoms with Crippen molar-refractivity contribution in [2.24, 2.45) is 46.3 Å². The summed E-state index contributed by atoms with van der Waals surface area (Å²) in [5.74, 6) is 3.47. The Bertz CT molecular complexity index is 851. The number of hydrogen-bond donors (Lipinski definition) is 0. The fraction of sp³-hybridized carbons (Fsp3) is 0.800. The van der Waals surface area contributed by atoms with Crippen LogP contribution in [0.25, 0.3) is 0 Å². The van der Waals surface area contributed by atoms with Crippen LogP contribution in [0.2, 0.25) is 0 Å². The van der Waals surface area contributed by atoms with Crippen LogP contribution in [0, 0.1) is 46.3 Å². The molecule has 0 unspecified atom stereocenters. The zero-order valence-electron chi connectivity index (χ0n) is 22.1. The summed E-state index contributed by atoms with van der Waals surface area (Å²) >= 11 is 0. The van der Waals surface area contributed by atoms with Crippen LogP contribution in [-0.2, 0) is 14.3 Å². The average molecular weight is 455 g/mol. The van der Waals surface area contributed by atoms with E-state index in [1.54, 1.807) is 0 Å². The van der Waals surface area contributed by atoms with Crippen LogP contribution in [0.4, 0.5) is 0 Å². The van der Waals surface area contributed by atoms with E-state index >= 15 is 0 Å². The molecule has 0 spiro atoms. The number of fused-ring (bicyclic) bond motifs is 4. The van der Waals surface area contributed by atoms with Crippen molar-refractivity contribution in [3.63, 3.8) is 0 Å². The number of Topliss-reactive ketones (excluding diaryl/α,β-unsaturated/α-hetero) is 1. The first-order chi connectivity index (χ1) is 15.5. The number of allylic oxidation sites excluding steroid dienone is 4. The Morgan fingerprint density at radius 3 is 2.45 bits per heavy atom. The second kappa shape index (κ2) is 9.00. The third kappa shape index (κ3) is 4.27. The van der Waals surface area contributed by atoms with Gasteiger partial charge in [-0.1, -0.05) is 59.3 Å². The third-order valence-corrected chi connectivity index (χ3v) is 10.6. The lowest BCUT2D eigenvalue weighted by molar-refractivity contribution is -0.150. The van der Waals surface area contributed by atoms with Crippen molar-refractivity contribution in [3.05, 3.63) is 23.3 Å². The Hall–Kier alpha value is -1.38. The molecule has 4 aliphatic carbocycles. The molecule has 0 aromatic rings. The van der Waals surface area contributed by atoms with Crippen molar-refractivity contribution in [2.45, 2.75) is 106 Å². The number of ketones is 1. The van der Waals surface area contributed by atoms with E-state index in [9.17, 15) is 9.59 Å². The van der Waals surface area contributed by atoms with Gasteiger partial charge in [-0.2, -0.15) is 0 Å². The number of carbonyl (C=O) groups excluding carboxylic acids is 2. The smallest absolute Gasteiger partial charge is 0.302 e. The highest BCUT2D eigenvalue weighted by molar-refractivity contribution is 5.98. The van der Waals surface area contributed by atoms with Crippen LogP contribution in [0.3, 0.4) is 0 Å². The fourth-order valence-electron chi connectivity index (χ4n) is 8.10. The molecule has 0 radical (unpaired) electrons. The Morgan fingerprint density at radius 2 is 1.79 bits per heavy atom. The monoisotopic (exact) mass is 454 g/mol. The first-order valence-electron chi connectivity index (χ1n) is 13.6. The number of esters is 1. The molecule has 33 heavy (non-hydrogen) atoms. The van der Waals surface area contributed by atoms with Crippen LogP contribution >= 0.6 is 0 Å². The lowest BCUT2D eigenvalue weighted by atomic mass is 9.50. The number of hydrogen-bond acceptors (Lipinski definition) is 3. The largest absolute Gasteiger partial charge is 0.463 e. The van der Waals surface area contributed by atoms with Crippen LogP contribution in [-0.4, -0.2) is 17.9 Å². The van der Waals surface area contributed by atoms with Gasteiger partial charge in [0, 0.05) is 13.3 Å². The van der Waals surface area contributed by atoms with Crippen molar-refractivity contribution >= 4 is 11.8 Å². The maximum absolute atomic E-state index is 13.6. The highest BCUT2D eigenvalue weighted by Gasteiger charge is 2.58. The van der Waals surface area contributed by atoms with Gasteiger partial charge in [-0.15, -0.1) is 0 Å². The van der Waals surface area contributed by atoms with Crippen molar-refractivity contribution < 1.29 is 14.3 Å². The Morgan fingerprint density at radius 1 is 1.06 bits per heavy atom. The number of carbonyl (C=O) groups is 2. The second-order valence-corrected chi connectivity index (χ2v) is 12.7. The maximum Gasteiger partial charge on any atom is 0.302 e. The summed E-state index contributed by atoms with van der Waals surface area (Å²) in [5, 5.41) is 0. The van der Waals surface area contributed by atoms with E-state index in [4.69, 9.17) is 4.74 Å². The predicted molar refractivity (Wildman–Crippen MR) is 134 cm³/mol. The van der Waals surface area contributed by atoms with E-state index in [2.05, 4.69) is 53.7 Å². The Balaban J connectivity index is 1.58. The molecule has 0 aliphatic heterocycles. The van der Waals surface area contributed by atoms with Crippen LogP contribution in [0.5, 0.6) is 0 Å². The topological polar surface area (TPSA) is 43.4 Å². The van der Waals surface area contributed by atoms with Gasteiger partial charge in [-0.05, 0) is 96.9 Å². The zero-order chi connectivity index (χ0) is 24.1.